The lowest BCUT2D eigenvalue weighted by atomic mass is 9.89. The van der Waals surface area contributed by atoms with E-state index in [0.717, 1.165) is 61.9 Å². The molecule has 1 amide bonds. The van der Waals surface area contributed by atoms with Crippen LogP contribution in [0.25, 0.3) is 22.3 Å². The van der Waals surface area contributed by atoms with Crippen molar-refractivity contribution in [2.24, 2.45) is 5.92 Å². The summed E-state index contributed by atoms with van der Waals surface area (Å²) in [4.78, 5) is 30.9. The summed E-state index contributed by atoms with van der Waals surface area (Å²) < 4.78 is 35.5. The lowest BCUT2D eigenvalue weighted by Crippen LogP contribution is -2.39. The first-order valence-electron chi connectivity index (χ1n) is 15.1. The fourth-order valence-corrected chi connectivity index (χ4v) is 6.30. The van der Waals surface area contributed by atoms with Crippen LogP contribution in [0.2, 0.25) is 0 Å². The summed E-state index contributed by atoms with van der Waals surface area (Å²) in [5.74, 6) is 0.0920. The first kappa shape index (κ1) is 27.6. The smallest absolute Gasteiger partial charge is 0.225 e. The van der Waals surface area contributed by atoms with E-state index in [9.17, 15) is 9.18 Å². The van der Waals surface area contributed by atoms with Crippen LogP contribution in [0.5, 0.6) is 0 Å². The number of anilines is 3. The van der Waals surface area contributed by atoms with Gasteiger partial charge in [0.2, 0.25) is 5.91 Å². The second-order valence-electron chi connectivity index (χ2n) is 11.7. The third kappa shape index (κ3) is 5.51. The van der Waals surface area contributed by atoms with Gasteiger partial charge in [-0.1, -0.05) is 6.07 Å². The molecule has 3 aromatic heterocycles. The van der Waals surface area contributed by atoms with E-state index in [0.29, 0.717) is 48.9 Å². The van der Waals surface area contributed by atoms with E-state index in [-0.39, 0.29) is 28.6 Å². The van der Waals surface area contributed by atoms with Gasteiger partial charge < -0.3 is 19.9 Å². The molecule has 3 aliphatic rings. The van der Waals surface area contributed by atoms with Crippen molar-refractivity contribution >= 4 is 34.0 Å². The van der Waals surface area contributed by atoms with Crippen LogP contribution in [0.3, 0.4) is 0 Å². The molecule has 222 valence electrons. The van der Waals surface area contributed by atoms with Gasteiger partial charge in [-0.15, -0.1) is 0 Å². The summed E-state index contributed by atoms with van der Waals surface area (Å²) in [6.07, 6.45) is 7.24. The van der Waals surface area contributed by atoms with E-state index in [4.69, 9.17) is 9.72 Å². The topological polar surface area (TPSA) is 83.5 Å². The van der Waals surface area contributed by atoms with Gasteiger partial charge in [0.15, 0.2) is 0 Å². The SMILES string of the molecule is Cc1c(-c2ccccn2)nc2cc(F)cc(F)c2c1Nc1cc(N2CCOCC2)ncc1C1CCN(C(=O)C2CC2)CC1. The van der Waals surface area contributed by atoms with E-state index in [1.165, 1.54) is 6.07 Å². The van der Waals surface area contributed by atoms with E-state index in [1.807, 2.05) is 42.3 Å². The quantitative estimate of drug-likeness (QED) is 0.299. The zero-order chi connectivity index (χ0) is 29.5. The third-order valence-electron chi connectivity index (χ3n) is 8.84. The molecular weight excluding hydrogens is 550 g/mol. The van der Waals surface area contributed by atoms with Crippen LogP contribution in [0.15, 0.2) is 48.8 Å². The van der Waals surface area contributed by atoms with Crippen LogP contribution in [-0.2, 0) is 9.53 Å². The van der Waals surface area contributed by atoms with Gasteiger partial charge in [0.05, 0.1) is 41.2 Å². The fourth-order valence-electron chi connectivity index (χ4n) is 6.30. The zero-order valence-electron chi connectivity index (χ0n) is 24.2. The third-order valence-corrected chi connectivity index (χ3v) is 8.84. The number of morpholine rings is 1. The number of ether oxygens (including phenoxy) is 1. The molecule has 5 heterocycles. The minimum Gasteiger partial charge on any atom is -0.378 e. The van der Waals surface area contributed by atoms with Gasteiger partial charge in [0, 0.05) is 73.9 Å². The summed E-state index contributed by atoms with van der Waals surface area (Å²) in [6, 6.07) is 9.70. The van der Waals surface area contributed by atoms with Gasteiger partial charge in [-0.05, 0) is 56.2 Å². The Kier molecular flexibility index (Phi) is 7.38. The molecule has 1 saturated carbocycles. The summed E-state index contributed by atoms with van der Waals surface area (Å²) in [5.41, 5.74) is 4.43. The molecule has 7 rings (SSSR count). The minimum atomic E-state index is -0.689. The molecule has 0 bridgehead atoms. The molecule has 2 aliphatic heterocycles. The first-order valence-corrected chi connectivity index (χ1v) is 15.1. The summed E-state index contributed by atoms with van der Waals surface area (Å²) in [6.45, 7) is 5.99. The zero-order valence-corrected chi connectivity index (χ0v) is 24.2. The molecule has 1 aliphatic carbocycles. The van der Waals surface area contributed by atoms with Crippen molar-refractivity contribution in [3.8, 4) is 11.4 Å². The number of nitrogens with zero attached hydrogens (tertiary/aromatic N) is 5. The van der Waals surface area contributed by atoms with Crippen LogP contribution < -0.4 is 10.2 Å². The van der Waals surface area contributed by atoms with Gasteiger partial charge in [-0.3, -0.25) is 9.78 Å². The molecule has 1 N–H and O–H groups in total. The second kappa shape index (κ2) is 11.5. The number of halogens is 2. The number of rotatable bonds is 6. The normalized spacial score (nSPS) is 17.8. The molecule has 0 unspecified atom stereocenters. The molecule has 0 atom stereocenters. The Balaban J connectivity index is 1.31. The highest BCUT2D eigenvalue weighted by Gasteiger charge is 2.35. The van der Waals surface area contributed by atoms with Gasteiger partial charge >= 0.3 is 0 Å². The van der Waals surface area contributed by atoms with Gasteiger partial charge in [-0.25, -0.2) is 18.7 Å². The van der Waals surface area contributed by atoms with Crippen molar-refractivity contribution in [3.05, 3.63) is 71.6 Å². The molecule has 2 saturated heterocycles. The fraction of sp³-hybridized carbons (Fsp3) is 0.394. The largest absolute Gasteiger partial charge is 0.378 e. The number of pyridine rings is 3. The lowest BCUT2D eigenvalue weighted by molar-refractivity contribution is -0.133. The molecule has 3 fully saturated rings. The van der Waals surface area contributed by atoms with Crippen LogP contribution in [-0.4, -0.2) is 65.2 Å². The molecule has 0 radical (unpaired) electrons. The number of carbonyl (C=O) groups excluding carboxylic acids is 1. The predicted octanol–water partition coefficient (Wildman–Crippen LogP) is 5.97. The molecule has 43 heavy (non-hydrogen) atoms. The average molecular weight is 585 g/mol. The minimum absolute atomic E-state index is 0.169. The number of piperidine rings is 1. The van der Waals surface area contributed by atoms with Crippen molar-refractivity contribution in [1.82, 2.24) is 19.9 Å². The maximum atomic E-state index is 15.5. The number of hydrogen-bond acceptors (Lipinski definition) is 7. The lowest BCUT2D eigenvalue weighted by Gasteiger charge is -2.34. The van der Waals surface area contributed by atoms with E-state index < -0.39 is 11.6 Å². The van der Waals surface area contributed by atoms with Crippen LogP contribution >= 0.6 is 0 Å². The Morgan fingerprint density at radius 1 is 1.00 bits per heavy atom. The Morgan fingerprint density at radius 3 is 2.51 bits per heavy atom. The number of nitrogens with one attached hydrogen (secondary N) is 1. The average Bonchev–Trinajstić information content (AvgIpc) is 3.89. The summed E-state index contributed by atoms with van der Waals surface area (Å²) in [5, 5.41) is 3.81. The Bertz CT molecular complexity index is 1670. The number of benzene rings is 1. The standard InChI is InChI=1S/C33H34F2N6O2/c1-20-31(26-4-2-3-9-36-26)39-28-17-23(34)16-25(35)30(28)32(20)38-27-18-29(40-12-14-43-15-13-40)37-19-24(27)21-7-10-41(11-8-21)33(42)22-5-6-22/h2-4,9,16-19,21-22H,5-8,10-15H2,1H3,(H,37,38,39). The number of carbonyl (C=O) groups is 1. The molecule has 4 aromatic rings. The Hall–Kier alpha value is -4.18. The van der Waals surface area contributed by atoms with Crippen LogP contribution in [0.1, 0.15) is 42.7 Å². The van der Waals surface area contributed by atoms with Crippen molar-refractivity contribution < 1.29 is 18.3 Å². The van der Waals surface area contributed by atoms with Crippen LogP contribution in [0, 0.1) is 24.5 Å². The van der Waals surface area contributed by atoms with Crippen molar-refractivity contribution in [2.75, 3.05) is 49.6 Å². The van der Waals surface area contributed by atoms with Crippen molar-refractivity contribution in [1.29, 1.82) is 0 Å². The highest BCUT2D eigenvalue weighted by atomic mass is 19.1. The maximum absolute atomic E-state index is 15.5. The number of likely N-dealkylation sites (tertiary alicyclic amines) is 1. The number of amides is 1. The van der Waals surface area contributed by atoms with Gasteiger partial charge in [0.1, 0.15) is 17.5 Å². The Labute approximate surface area is 249 Å². The predicted molar refractivity (Wildman–Crippen MR) is 161 cm³/mol. The van der Waals surface area contributed by atoms with E-state index >= 15 is 4.39 Å². The van der Waals surface area contributed by atoms with Crippen molar-refractivity contribution in [2.45, 2.75) is 38.5 Å². The maximum Gasteiger partial charge on any atom is 0.225 e. The van der Waals surface area contributed by atoms with E-state index in [1.54, 1.807) is 6.20 Å². The van der Waals surface area contributed by atoms with Gasteiger partial charge in [-0.2, -0.15) is 0 Å². The second-order valence-corrected chi connectivity index (χ2v) is 11.7. The highest BCUT2D eigenvalue weighted by molar-refractivity contribution is 5.98. The summed E-state index contributed by atoms with van der Waals surface area (Å²) >= 11 is 0. The molecule has 0 spiro atoms. The van der Waals surface area contributed by atoms with E-state index in [2.05, 4.69) is 20.2 Å². The van der Waals surface area contributed by atoms with Gasteiger partial charge in [0.25, 0.3) is 0 Å². The number of aromatic nitrogens is 3. The molecular formula is C33H34F2N6O2. The molecule has 10 heteroatoms. The molecule has 8 nitrogen and oxygen atoms in total. The molecule has 1 aromatic carbocycles. The first-order chi connectivity index (χ1) is 21.0. The number of hydrogen-bond donors (Lipinski definition) is 1. The monoisotopic (exact) mass is 584 g/mol. The summed E-state index contributed by atoms with van der Waals surface area (Å²) in [7, 11) is 0. The Morgan fingerprint density at radius 2 is 1.79 bits per heavy atom. The highest BCUT2D eigenvalue weighted by Crippen LogP contribution is 2.41. The van der Waals surface area contributed by atoms with Crippen molar-refractivity contribution in [3.63, 3.8) is 0 Å². The van der Waals surface area contributed by atoms with Crippen LogP contribution in [0.4, 0.5) is 26.0 Å². The number of fused-ring (bicyclic) bond motifs is 1.